The molecule has 162 valence electrons. The minimum Gasteiger partial charge on any atom is -0.504 e. The number of nitrogens with zero attached hydrogens (tertiary/aromatic N) is 3. The Morgan fingerprint density at radius 1 is 1.13 bits per heavy atom. The fraction of sp³-hybridized carbons (Fsp3) is 0.348. The van der Waals surface area contributed by atoms with Crippen LogP contribution in [0, 0.1) is 6.92 Å². The van der Waals surface area contributed by atoms with Gasteiger partial charge in [-0.3, -0.25) is 18.7 Å². The molecule has 4 rings (SSSR count). The first-order chi connectivity index (χ1) is 14.9. The number of likely N-dealkylation sites (tertiary alicyclic amines) is 1. The lowest BCUT2D eigenvalue weighted by Crippen LogP contribution is -2.44. The second-order valence-electron chi connectivity index (χ2n) is 7.94. The molecule has 1 fully saturated rings. The largest absolute Gasteiger partial charge is 0.504 e. The molecule has 2 aromatic carbocycles. The minimum absolute atomic E-state index is 0.0340. The van der Waals surface area contributed by atoms with Gasteiger partial charge in [0.15, 0.2) is 11.5 Å². The van der Waals surface area contributed by atoms with Gasteiger partial charge in [-0.2, -0.15) is 0 Å². The third-order valence-corrected chi connectivity index (χ3v) is 5.92. The van der Waals surface area contributed by atoms with E-state index in [0.29, 0.717) is 48.1 Å². The van der Waals surface area contributed by atoms with Crippen LogP contribution in [0.3, 0.4) is 0 Å². The predicted molar refractivity (Wildman–Crippen MR) is 117 cm³/mol. The van der Waals surface area contributed by atoms with Gasteiger partial charge >= 0.3 is 5.69 Å². The molecule has 2 heterocycles. The van der Waals surface area contributed by atoms with Crippen LogP contribution in [0.1, 0.15) is 30.0 Å². The first-order valence-corrected chi connectivity index (χ1v) is 10.2. The van der Waals surface area contributed by atoms with E-state index in [1.165, 1.54) is 17.7 Å². The summed E-state index contributed by atoms with van der Waals surface area (Å²) in [7, 11) is 1.46. The van der Waals surface area contributed by atoms with Crippen LogP contribution < -0.4 is 16.0 Å². The Morgan fingerprint density at radius 2 is 1.87 bits per heavy atom. The summed E-state index contributed by atoms with van der Waals surface area (Å²) in [5.74, 6) is 0.274. The van der Waals surface area contributed by atoms with E-state index in [9.17, 15) is 19.5 Å². The lowest BCUT2D eigenvalue weighted by Gasteiger charge is -2.31. The van der Waals surface area contributed by atoms with Gasteiger partial charge in [0, 0.05) is 19.1 Å². The average molecular weight is 423 g/mol. The Hall–Kier alpha value is -3.55. The van der Waals surface area contributed by atoms with Gasteiger partial charge in [-0.15, -0.1) is 0 Å². The van der Waals surface area contributed by atoms with Crippen LogP contribution in [0.15, 0.2) is 46.0 Å². The molecule has 1 aliphatic heterocycles. The van der Waals surface area contributed by atoms with Gasteiger partial charge in [0.05, 0.1) is 24.6 Å². The predicted octanol–water partition coefficient (Wildman–Crippen LogP) is 2.03. The topological polar surface area (TPSA) is 93.8 Å². The van der Waals surface area contributed by atoms with Gasteiger partial charge in [-0.25, -0.2) is 4.79 Å². The molecule has 1 aromatic heterocycles. The van der Waals surface area contributed by atoms with E-state index in [4.69, 9.17) is 4.74 Å². The Balaban J connectivity index is 1.86. The van der Waals surface area contributed by atoms with E-state index in [-0.39, 0.29) is 29.6 Å². The van der Waals surface area contributed by atoms with Crippen LogP contribution in [-0.2, 0) is 11.3 Å². The van der Waals surface area contributed by atoms with Crippen molar-refractivity contribution < 1.29 is 14.6 Å². The Labute approximate surface area is 178 Å². The molecular weight excluding hydrogens is 398 g/mol. The number of rotatable bonds is 5. The summed E-state index contributed by atoms with van der Waals surface area (Å²) in [6, 6.07) is 10.2. The van der Waals surface area contributed by atoms with Crippen LogP contribution >= 0.6 is 0 Å². The molecule has 1 N–H and O–H groups in total. The third-order valence-electron chi connectivity index (χ3n) is 5.92. The summed E-state index contributed by atoms with van der Waals surface area (Å²) in [6.07, 6.45) is 2.11. The quantitative estimate of drug-likeness (QED) is 0.634. The second-order valence-corrected chi connectivity index (χ2v) is 7.94. The highest BCUT2D eigenvalue weighted by atomic mass is 16.5. The zero-order valence-corrected chi connectivity index (χ0v) is 17.6. The fourth-order valence-electron chi connectivity index (χ4n) is 4.25. The molecule has 1 amide bonds. The van der Waals surface area contributed by atoms with E-state index in [1.54, 1.807) is 27.7 Å². The van der Waals surface area contributed by atoms with Crippen molar-refractivity contribution in [1.82, 2.24) is 14.0 Å². The van der Waals surface area contributed by atoms with E-state index < -0.39 is 0 Å². The maximum absolute atomic E-state index is 13.5. The van der Waals surface area contributed by atoms with E-state index in [1.807, 2.05) is 19.1 Å². The second kappa shape index (κ2) is 8.29. The zero-order valence-electron chi connectivity index (χ0n) is 17.6. The highest BCUT2D eigenvalue weighted by Crippen LogP contribution is 2.27. The molecule has 1 aliphatic rings. The highest BCUT2D eigenvalue weighted by Gasteiger charge is 2.24. The summed E-state index contributed by atoms with van der Waals surface area (Å²) in [6.45, 7) is 3.08. The van der Waals surface area contributed by atoms with Crippen molar-refractivity contribution in [3.05, 3.63) is 68.4 Å². The van der Waals surface area contributed by atoms with Crippen LogP contribution in [0.2, 0.25) is 0 Å². The average Bonchev–Trinajstić information content (AvgIpc) is 2.78. The molecule has 8 nitrogen and oxygen atoms in total. The van der Waals surface area contributed by atoms with Crippen LogP contribution in [0.5, 0.6) is 11.5 Å². The molecule has 0 spiro atoms. The molecule has 0 atom stereocenters. The number of phenolic OH excluding ortho intramolecular Hbond substituents is 1. The van der Waals surface area contributed by atoms with Crippen LogP contribution in [0.4, 0.5) is 0 Å². The lowest BCUT2D eigenvalue weighted by atomic mass is 10.0. The fourth-order valence-corrected chi connectivity index (χ4v) is 4.25. The number of aromatic nitrogens is 2. The smallest absolute Gasteiger partial charge is 0.332 e. The van der Waals surface area contributed by atoms with Crippen molar-refractivity contribution >= 4 is 17.3 Å². The molecular formula is C23H25N3O5. The van der Waals surface area contributed by atoms with Crippen LogP contribution in [0.25, 0.3) is 10.9 Å². The highest BCUT2D eigenvalue weighted by molar-refractivity contribution is 5.79. The normalized spacial score (nSPS) is 14.7. The number of hydrogen-bond acceptors (Lipinski definition) is 5. The lowest BCUT2D eigenvalue weighted by molar-refractivity contribution is -0.119. The Morgan fingerprint density at radius 3 is 2.52 bits per heavy atom. The number of hydrogen-bond donors (Lipinski definition) is 1. The first-order valence-electron chi connectivity index (χ1n) is 10.2. The molecule has 8 heteroatoms. The van der Waals surface area contributed by atoms with Crippen molar-refractivity contribution in [3.8, 4) is 11.5 Å². The minimum atomic E-state index is -0.388. The van der Waals surface area contributed by atoms with Crippen molar-refractivity contribution in [2.75, 3.05) is 20.2 Å². The first kappa shape index (κ1) is 20.7. The van der Waals surface area contributed by atoms with E-state index in [0.717, 1.165) is 12.0 Å². The SMILES string of the molecule is COc1ccc(Cn2c(=O)c3cc(C)ccc3n(C3CCN(C=O)CC3)c2=O)cc1O. The number of fused-ring (bicyclic) bond motifs is 1. The molecule has 31 heavy (non-hydrogen) atoms. The molecule has 3 aromatic rings. The Kier molecular flexibility index (Phi) is 5.54. The summed E-state index contributed by atoms with van der Waals surface area (Å²) >= 11 is 0. The maximum Gasteiger partial charge on any atom is 0.332 e. The van der Waals surface area contributed by atoms with E-state index >= 15 is 0 Å². The van der Waals surface area contributed by atoms with Crippen LogP contribution in [-0.4, -0.2) is 45.8 Å². The molecule has 0 bridgehead atoms. The molecule has 0 saturated carbocycles. The number of methoxy groups -OCH3 is 1. The number of amides is 1. The number of ether oxygens (including phenoxy) is 1. The maximum atomic E-state index is 13.5. The molecule has 0 unspecified atom stereocenters. The monoisotopic (exact) mass is 423 g/mol. The van der Waals surface area contributed by atoms with Gasteiger partial charge in [0.25, 0.3) is 5.56 Å². The number of benzene rings is 2. The van der Waals surface area contributed by atoms with E-state index in [2.05, 4.69) is 0 Å². The van der Waals surface area contributed by atoms with Gasteiger partial charge in [-0.1, -0.05) is 17.7 Å². The van der Waals surface area contributed by atoms with Gasteiger partial charge < -0.3 is 14.7 Å². The van der Waals surface area contributed by atoms with Crippen molar-refractivity contribution in [3.63, 3.8) is 0 Å². The third kappa shape index (κ3) is 3.81. The van der Waals surface area contributed by atoms with Crippen molar-refractivity contribution in [2.45, 2.75) is 32.4 Å². The summed E-state index contributed by atoms with van der Waals surface area (Å²) < 4.78 is 7.99. The summed E-state index contributed by atoms with van der Waals surface area (Å²) in [5, 5.41) is 10.6. The Bertz CT molecular complexity index is 1250. The zero-order chi connectivity index (χ0) is 22.1. The number of piperidine rings is 1. The summed E-state index contributed by atoms with van der Waals surface area (Å²) in [4.78, 5) is 39.5. The number of aromatic hydroxyl groups is 1. The number of carbonyl (C=O) groups is 1. The number of aryl methyl sites for hydroxylation is 1. The number of carbonyl (C=O) groups excluding carboxylic acids is 1. The van der Waals surface area contributed by atoms with Crippen molar-refractivity contribution in [1.29, 1.82) is 0 Å². The standard InChI is InChI=1S/C23H25N3O5/c1-15-3-5-19-18(11-15)22(29)25(13-16-4-6-21(31-2)20(28)12-16)23(30)26(19)17-7-9-24(14-27)10-8-17/h3-6,11-12,14,17,28H,7-10,13H2,1-2H3. The van der Waals surface area contributed by atoms with Gasteiger partial charge in [0.2, 0.25) is 6.41 Å². The van der Waals surface area contributed by atoms with Crippen molar-refractivity contribution in [2.24, 2.45) is 0 Å². The summed E-state index contributed by atoms with van der Waals surface area (Å²) in [5.41, 5.74) is 1.41. The molecule has 0 radical (unpaired) electrons. The number of phenols is 1. The van der Waals surface area contributed by atoms with Gasteiger partial charge in [0.1, 0.15) is 0 Å². The molecule has 0 aliphatic carbocycles. The van der Waals surface area contributed by atoms with Gasteiger partial charge in [-0.05, 0) is 49.6 Å². The molecule has 1 saturated heterocycles.